The summed E-state index contributed by atoms with van der Waals surface area (Å²) in [5.74, 6) is 1.57. The number of anilines is 2. The van der Waals surface area contributed by atoms with Gasteiger partial charge in [0.05, 0.1) is 0 Å². The third-order valence-electron chi connectivity index (χ3n) is 3.52. The van der Waals surface area contributed by atoms with Crippen LogP contribution in [-0.4, -0.2) is 5.11 Å². The number of para-hydroxylation sites is 1. The molecule has 2 N–H and O–H groups in total. The van der Waals surface area contributed by atoms with Crippen LogP contribution in [0.25, 0.3) is 0 Å². The maximum Gasteiger partial charge on any atom is 0.175 e. The molecule has 3 nitrogen and oxygen atoms in total. The normalized spacial score (nSPS) is 10.2. The first-order valence-corrected chi connectivity index (χ1v) is 8.56. The molecular formula is C20H17ClN2OS. The highest BCUT2D eigenvalue weighted by atomic mass is 35.5. The van der Waals surface area contributed by atoms with Gasteiger partial charge in [0, 0.05) is 16.4 Å². The zero-order valence-electron chi connectivity index (χ0n) is 13.6. The molecule has 0 saturated heterocycles. The Kier molecular flexibility index (Phi) is 5.53. The molecule has 0 heterocycles. The molecule has 0 spiro atoms. The van der Waals surface area contributed by atoms with E-state index in [9.17, 15) is 0 Å². The number of nitrogens with one attached hydrogen (secondary N) is 2. The highest BCUT2D eigenvalue weighted by molar-refractivity contribution is 7.80. The van der Waals surface area contributed by atoms with Crippen LogP contribution >= 0.6 is 23.8 Å². The Morgan fingerprint density at radius 2 is 1.44 bits per heavy atom. The van der Waals surface area contributed by atoms with Crippen molar-refractivity contribution in [3.05, 3.63) is 83.4 Å². The summed E-state index contributed by atoms with van der Waals surface area (Å²) in [5.41, 5.74) is 2.74. The van der Waals surface area contributed by atoms with Crippen LogP contribution in [0.4, 0.5) is 11.4 Å². The molecule has 0 aliphatic heterocycles. The number of rotatable bonds is 4. The van der Waals surface area contributed by atoms with E-state index < -0.39 is 0 Å². The second kappa shape index (κ2) is 8.01. The summed E-state index contributed by atoms with van der Waals surface area (Å²) in [6.07, 6.45) is 0. The van der Waals surface area contributed by atoms with Crippen LogP contribution in [0.1, 0.15) is 5.56 Å². The summed E-state index contributed by atoms with van der Waals surface area (Å²) in [5, 5.41) is 7.46. The molecule has 25 heavy (non-hydrogen) atoms. The molecule has 0 aliphatic rings. The van der Waals surface area contributed by atoms with E-state index in [2.05, 4.69) is 10.6 Å². The molecule has 0 saturated carbocycles. The molecule has 0 radical (unpaired) electrons. The molecule has 3 rings (SSSR count). The van der Waals surface area contributed by atoms with E-state index in [1.165, 1.54) is 0 Å². The number of ether oxygens (including phenoxy) is 1. The molecule has 3 aromatic carbocycles. The Bertz CT molecular complexity index is 867. The fourth-order valence-electron chi connectivity index (χ4n) is 2.19. The average molecular weight is 369 g/mol. The van der Waals surface area contributed by atoms with E-state index in [0.717, 1.165) is 28.4 Å². The predicted octanol–water partition coefficient (Wildman–Crippen LogP) is 6.25. The molecule has 0 bridgehead atoms. The van der Waals surface area contributed by atoms with Crippen LogP contribution in [0, 0.1) is 6.92 Å². The van der Waals surface area contributed by atoms with Crippen molar-refractivity contribution in [2.75, 3.05) is 10.6 Å². The van der Waals surface area contributed by atoms with Crippen LogP contribution in [0.2, 0.25) is 5.02 Å². The van der Waals surface area contributed by atoms with Gasteiger partial charge in [0.25, 0.3) is 0 Å². The molecule has 126 valence electrons. The minimum absolute atomic E-state index is 0.497. The summed E-state index contributed by atoms with van der Waals surface area (Å²) in [7, 11) is 0. The molecule has 0 atom stereocenters. The topological polar surface area (TPSA) is 33.3 Å². The standard InChI is InChI=1S/C20H17ClN2OS/c1-14-7-8-16(13-19(14)21)23-20(25)22-15-9-11-18(12-10-15)24-17-5-3-2-4-6-17/h2-13H,1H3,(H2,22,23,25). The number of hydrogen-bond acceptors (Lipinski definition) is 2. The maximum atomic E-state index is 6.12. The molecule has 0 aliphatic carbocycles. The van der Waals surface area contributed by atoms with Crippen molar-refractivity contribution >= 4 is 40.3 Å². The fraction of sp³-hybridized carbons (Fsp3) is 0.0500. The number of aryl methyl sites for hydroxylation is 1. The van der Waals surface area contributed by atoms with Crippen LogP contribution < -0.4 is 15.4 Å². The number of halogens is 1. The molecule has 0 amide bonds. The van der Waals surface area contributed by atoms with Gasteiger partial charge in [-0.05, 0) is 73.2 Å². The van der Waals surface area contributed by atoms with Crippen molar-refractivity contribution in [3.8, 4) is 11.5 Å². The van der Waals surface area contributed by atoms with Gasteiger partial charge < -0.3 is 15.4 Å². The zero-order chi connectivity index (χ0) is 17.6. The lowest BCUT2D eigenvalue weighted by Crippen LogP contribution is -2.18. The second-order valence-electron chi connectivity index (χ2n) is 5.48. The molecule has 0 unspecified atom stereocenters. The third-order valence-corrected chi connectivity index (χ3v) is 4.13. The van der Waals surface area contributed by atoms with E-state index in [0.29, 0.717) is 10.1 Å². The van der Waals surface area contributed by atoms with Crippen molar-refractivity contribution in [1.29, 1.82) is 0 Å². The van der Waals surface area contributed by atoms with Crippen molar-refractivity contribution < 1.29 is 4.74 Å². The first-order chi connectivity index (χ1) is 12.1. The zero-order valence-corrected chi connectivity index (χ0v) is 15.2. The first-order valence-electron chi connectivity index (χ1n) is 7.77. The van der Waals surface area contributed by atoms with Gasteiger partial charge >= 0.3 is 0 Å². The van der Waals surface area contributed by atoms with E-state index >= 15 is 0 Å². The molecule has 0 aromatic heterocycles. The lowest BCUT2D eigenvalue weighted by molar-refractivity contribution is 0.483. The molecule has 3 aromatic rings. The van der Waals surface area contributed by atoms with Crippen molar-refractivity contribution in [2.45, 2.75) is 6.92 Å². The van der Waals surface area contributed by atoms with Gasteiger partial charge in [-0.25, -0.2) is 0 Å². The lowest BCUT2D eigenvalue weighted by atomic mass is 10.2. The van der Waals surface area contributed by atoms with Gasteiger partial charge in [-0.15, -0.1) is 0 Å². The number of benzene rings is 3. The van der Waals surface area contributed by atoms with Crippen LogP contribution in [0.3, 0.4) is 0 Å². The summed E-state index contributed by atoms with van der Waals surface area (Å²) < 4.78 is 5.77. The van der Waals surface area contributed by atoms with Crippen LogP contribution in [0.15, 0.2) is 72.8 Å². The van der Waals surface area contributed by atoms with Gasteiger partial charge in [-0.1, -0.05) is 35.9 Å². The highest BCUT2D eigenvalue weighted by Crippen LogP contribution is 2.23. The summed E-state index contributed by atoms with van der Waals surface area (Å²) in [6, 6.07) is 23.0. The summed E-state index contributed by atoms with van der Waals surface area (Å²) in [6.45, 7) is 1.96. The van der Waals surface area contributed by atoms with E-state index in [4.69, 9.17) is 28.6 Å². The lowest BCUT2D eigenvalue weighted by Gasteiger charge is -2.12. The highest BCUT2D eigenvalue weighted by Gasteiger charge is 2.02. The Morgan fingerprint density at radius 1 is 0.840 bits per heavy atom. The Morgan fingerprint density at radius 3 is 2.12 bits per heavy atom. The van der Waals surface area contributed by atoms with Gasteiger partial charge in [0.1, 0.15) is 11.5 Å². The maximum absolute atomic E-state index is 6.12. The number of thiocarbonyl (C=S) groups is 1. The second-order valence-corrected chi connectivity index (χ2v) is 6.30. The molecular weight excluding hydrogens is 352 g/mol. The van der Waals surface area contributed by atoms with Gasteiger partial charge in [-0.2, -0.15) is 0 Å². The van der Waals surface area contributed by atoms with Gasteiger partial charge in [0.2, 0.25) is 0 Å². The quantitative estimate of drug-likeness (QED) is 0.533. The Labute approximate surface area is 157 Å². The van der Waals surface area contributed by atoms with Crippen LogP contribution in [-0.2, 0) is 0 Å². The first kappa shape index (κ1) is 17.3. The Hall–Kier alpha value is -2.56. The SMILES string of the molecule is Cc1ccc(NC(=S)Nc2ccc(Oc3ccccc3)cc2)cc1Cl. The monoisotopic (exact) mass is 368 g/mol. The van der Waals surface area contributed by atoms with Gasteiger partial charge in [-0.3, -0.25) is 0 Å². The largest absolute Gasteiger partial charge is 0.457 e. The average Bonchev–Trinajstić information content (AvgIpc) is 2.61. The van der Waals surface area contributed by atoms with Crippen molar-refractivity contribution in [1.82, 2.24) is 0 Å². The summed E-state index contributed by atoms with van der Waals surface area (Å²) in [4.78, 5) is 0. The smallest absolute Gasteiger partial charge is 0.175 e. The number of hydrogen-bond donors (Lipinski definition) is 2. The van der Waals surface area contributed by atoms with E-state index in [-0.39, 0.29) is 0 Å². The minimum atomic E-state index is 0.497. The molecule has 0 fully saturated rings. The van der Waals surface area contributed by atoms with Crippen molar-refractivity contribution in [3.63, 3.8) is 0 Å². The predicted molar refractivity (Wildman–Crippen MR) is 109 cm³/mol. The van der Waals surface area contributed by atoms with Gasteiger partial charge in [0.15, 0.2) is 5.11 Å². The summed E-state index contributed by atoms with van der Waals surface area (Å²) >= 11 is 11.5. The van der Waals surface area contributed by atoms with Crippen molar-refractivity contribution in [2.24, 2.45) is 0 Å². The minimum Gasteiger partial charge on any atom is -0.457 e. The third kappa shape index (κ3) is 4.95. The Balaban J connectivity index is 1.59. The van der Waals surface area contributed by atoms with Crippen LogP contribution in [0.5, 0.6) is 11.5 Å². The fourth-order valence-corrected chi connectivity index (χ4v) is 2.61. The van der Waals surface area contributed by atoms with E-state index in [1.54, 1.807) is 0 Å². The van der Waals surface area contributed by atoms with E-state index in [1.807, 2.05) is 79.7 Å². The molecule has 5 heteroatoms.